The second kappa shape index (κ2) is 6.82. The molecule has 0 aliphatic carbocycles. The molecule has 1 aliphatic heterocycles. The molecule has 2 rings (SSSR count). The molecule has 1 N–H and O–H groups in total. The number of ether oxygens (including phenoxy) is 1. The molecule has 1 aromatic carbocycles. The molecular formula is C14H20F2N2O. The van der Waals surface area contributed by atoms with Crippen molar-refractivity contribution in [2.24, 2.45) is 0 Å². The molecule has 1 saturated heterocycles. The summed E-state index contributed by atoms with van der Waals surface area (Å²) >= 11 is 0. The van der Waals surface area contributed by atoms with E-state index >= 15 is 0 Å². The van der Waals surface area contributed by atoms with E-state index in [0.717, 1.165) is 38.0 Å². The lowest BCUT2D eigenvalue weighted by Gasteiger charge is -2.31. The molecule has 0 bridgehead atoms. The van der Waals surface area contributed by atoms with Gasteiger partial charge >= 0.3 is 6.61 Å². The van der Waals surface area contributed by atoms with E-state index in [4.69, 9.17) is 0 Å². The number of benzene rings is 1. The fourth-order valence-electron chi connectivity index (χ4n) is 2.41. The van der Waals surface area contributed by atoms with Gasteiger partial charge in [0, 0.05) is 12.6 Å². The quantitative estimate of drug-likeness (QED) is 0.889. The Morgan fingerprint density at radius 1 is 1.26 bits per heavy atom. The Bertz CT molecular complexity index is 376. The van der Waals surface area contributed by atoms with E-state index in [-0.39, 0.29) is 5.75 Å². The van der Waals surface area contributed by atoms with Gasteiger partial charge in [0.1, 0.15) is 5.75 Å². The number of nitrogens with one attached hydrogen (secondary N) is 1. The van der Waals surface area contributed by atoms with Gasteiger partial charge in [0.05, 0.1) is 0 Å². The molecule has 0 saturated carbocycles. The van der Waals surface area contributed by atoms with Gasteiger partial charge in [0.15, 0.2) is 0 Å². The summed E-state index contributed by atoms with van der Waals surface area (Å²) in [5.41, 5.74) is 1.13. The number of nitrogens with zero attached hydrogens (tertiary/aromatic N) is 1. The van der Waals surface area contributed by atoms with E-state index in [1.54, 1.807) is 12.1 Å². The van der Waals surface area contributed by atoms with Crippen molar-refractivity contribution < 1.29 is 13.5 Å². The maximum absolute atomic E-state index is 12.0. The van der Waals surface area contributed by atoms with Crippen LogP contribution in [0.5, 0.6) is 5.75 Å². The first-order valence-electron chi connectivity index (χ1n) is 6.61. The molecule has 3 nitrogen and oxygen atoms in total. The topological polar surface area (TPSA) is 24.5 Å². The molecule has 0 unspecified atom stereocenters. The van der Waals surface area contributed by atoms with Gasteiger partial charge in [-0.05, 0) is 50.7 Å². The molecule has 106 valence electrons. The summed E-state index contributed by atoms with van der Waals surface area (Å²) in [6.07, 6.45) is 2.31. The van der Waals surface area contributed by atoms with Crippen LogP contribution in [0.1, 0.15) is 18.4 Å². The monoisotopic (exact) mass is 270 g/mol. The van der Waals surface area contributed by atoms with Gasteiger partial charge in [-0.15, -0.1) is 0 Å². The summed E-state index contributed by atoms with van der Waals surface area (Å²) < 4.78 is 28.4. The van der Waals surface area contributed by atoms with Crippen molar-refractivity contribution in [1.82, 2.24) is 10.2 Å². The number of halogens is 2. The van der Waals surface area contributed by atoms with Crippen LogP contribution in [0.2, 0.25) is 0 Å². The predicted octanol–water partition coefficient (Wildman–Crippen LogP) is 2.47. The van der Waals surface area contributed by atoms with Crippen LogP contribution in [-0.4, -0.2) is 37.7 Å². The standard InChI is InChI=1S/C14H20F2N2O/c1-17-12-6-8-18(9-7-12)10-11-2-4-13(5-3-11)19-14(15)16/h2-5,12,14,17H,6-10H2,1H3. The third-order valence-electron chi connectivity index (χ3n) is 3.55. The minimum Gasteiger partial charge on any atom is -0.435 e. The summed E-state index contributed by atoms with van der Waals surface area (Å²) in [5, 5.41) is 3.30. The molecular weight excluding hydrogens is 250 g/mol. The Morgan fingerprint density at radius 3 is 2.42 bits per heavy atom. The Kier molecular flexibility index (Phi) is 5.10. The van der Waals surface area contributed by atoms with Crippen molar-refractivity contribution in [2.75, 3.05) is 20.1 Å². The molecule has 5 heteroatoms. The van der Waals surface area contributed by atoms with E-state index in [2.05, 4.69) is 15.0 Å². The summed E-state index contributed by atoms with van der Waals surface area (Å²) in [5.74, 6) is 0.215. The highest BCUT2D eigenvalue weighted by Crippen LogP contribution is 2.18. The number of rotatable bonds is 5. The lowest BCUT2D eigenvalue weighted by Crippen LogP contribution is -2.40. The van der Waals surface area contributed by atoms with Crippen LogP contribution in [-0.2, 0) is 6.54 Å². The lowest BCUT2D eigenvalue weighted by molar-refractivity contribution is -0.0498. The number of likely N-dealkylation sites (tertiary alicyclic amines) is 1. The number of hydrogen-bond acceptors (Lipinski definition) is 3. The molecule has 0 atom stereocenters. The molecule has 0 amide bonds. The highest BCUT2D eigenvalue weighted by Gasteiger charge is 2.17. The maximum atomic E-state index is 12.0. The first-order chi connectivity index (χ1) is 9.17. The van der Waals surface area contributed by atoms with Gasteiger partial charge in [-0.25, -0.2) is 0 Å². The van der Waals surface area contributed by atoms with Gasteiger partial charge in [-0.3, -0.25) is 4.90 Å². The van der Waals surface area contributed by atoms with Crippen molar-refractivity contribution in [3.63, 3.8) is 0 Å². The van der Waals surface area contributed by atoms with Crippen molar-refractivity contribution in [2.45, 2.75) is 32.0 Å². The largest absolute Gasteiger partial charge is 0.435 e. The van der Waals surface area contributed by atoms with Gasteiger partial charge in [0.25, 0.3) is 0 Å². The normalized spacial score (nSPS) is 17.9. The lowest BCUT2D eigenvalue weighted by atomic mass is 10.0. The van der Waals surface area contributed by atoms with E-state index in [1.165, 1.54) is 0 Å². The number of alkyl halides is 2. The Labute approximate surface area is 112 Å². The molecule has 0 radical (unpaired) electrons. The van der Waals surface area contributed by atoms with Crippen LogP contribution < -0.4 is 10.1 Å². The summed E-state index contributed by atoms with van der Waals surface area (Å²) in [7, 11) is 2.00. The Hall–Kier alpha value is -1.20. The van der Waals surface area contributed by atoms with Gasteiger partial charge in [-0.2, -0.15) is 8.78 Å². The number of hydrogen-bond donors (Lipinski definition) is 1. The first kappa shape index (κ1) is 14.2. The fraction of sp³-hybridized carbons (Fsp3) is 0.571. The third-order valence-corrected chi connectivity index (χ3v) is 3.55. The van der Waals surface area contributed by atoms with Crippen LogP contribution in [0.4, 0.5) is 8.78 Å². The van der Waals surface area contributed by atoms with Gasteiger partial charge < -0.3 is 10.1 Å². The second-order valence-corrected chi connectivity index (χ2v) is 4.86. The molecule has 1 aliphatic rings. The van der Waals surface area contributed by atoms with Gasteiger partial charge in [-0.1, -0.05) is 12.1 Å². The summed E-state index contributed by atoms with van der Waals surface area (Å²) in [6, 6.07) is 7.52. The predicted molar refractivity (Wildman–Crippen MR) is 70.4 cm³/mol. The summed E-state index contributed by atoms with van der Waals surface area (Å²) in [6.45, 7) is 0.249. The van der Waals surface area contributed by atoms with Crippen LogP contribution in [0.3, 0.4) is 0 Å². The molecule has 19 heavy (non-hydrogen) atoms. The average molecular weight is 270 g/mol. The molecule has 1 heterocycles. The van der Waals surface area contributed by atoms with E-state index in [0.29, 0.717) is 6.04 Å². The van der Waals surface area contributed by atoms with Crippen LogP contribution in [0.15, 0.2) is 24.3 Å². The highest BCUT2D eigenvalue weighted by atomic mass is 19.3. The summed E-state index contributed by atoms with van der Waals surface area (Å²) in [4.78, 5) is 2.39. The average Bonchev–Trinajstić information content (AvgIpc) is 2.41. The molecule has 1 fully saturated rings. The van der Waals surface area contributed by atoms with Crippen LogP contribution >= 0.6 is 0 Å². The zero-order valence-electron chi connectivity index (χ0n) is 11.1. The van der Waals surface area contributed by atoms with E-state index in [1.807, 2.05) is 19.2 Å². The van der Waals surface area contributed by atoms with Crippen molar-refractivity contribution in [3.05, 3.63) is 29.8 Å². The second-order valence-electron chi connectivity index (χ2n) is 4.86. The fourth-order valence-corrected chi connectivity index (χ4v) is 2.41. The Morgan fingerprint density at radius 2 is 1.89 bits per heavy atom. The van der Waals surface area contributed by atoms with E-state index < -0.39 is 6.61 Å². The van der Waals surface area contributed by atoms with Crippen LogP contribution in [0.25, 0.3) is 0 Å². The first-order valence-corrected chi connectivity index (χ1v) is 6.61. The molecule has 1 aromatic rings. The third kappa shape index (κ3) is 4.44. The zero-order chi connectivity index (χ0) is 13.7. The highest BCUT2D eigenvalue weighted by molar-refractivity contribution is 5.27. The van der Waals surface area contributed by atoms with Crippen molar-refractivity contribution in [3.8, 4) is 5.75 Å². The number of piperidine rings is 1. The molecule has 0 aromatic heterocycles. The molecule has 0 spiro atoms. The minimum absolute atomic E-state index is 0.215. The van der Waals surface area contributed by atoms with E-state index in [9.17, 15) is 8.78 Å². The Balaban J connectivity index is 1.83. The maximum Gasteiger partial charge on any atom is 0.387 e. The zero-order valence-corrected chi connectivity index (χ0v) is 11.1. The van der Waals surface area contributed by atoms with Gasteiger partial charge in [0.2, 0.25) is 0 Å². The smallest absolute Gasteiger partial charge is 0.387 e. The van der Waals surface area contributed by atoms with Crippen LogP contribution in [0, 0.1) is 0 Å². The van der Waals surface area contributed by atoms with Crippen molar-refractivity contribution in [1.29, 1.82) is 0 Å². The SMILES string of the molecule is CNC1CCN(Cc2ccc(OC(F)F)cc2)CC1. The van der Waals surface area contributed by atoms with Crippen molar-refractivity contribution >= 4 is 0 Å². The minimum atomic E-state index is -2.76.